The van der Waals surface area contributed by atoms with Gasteiger partial charge in [-0.25, -0.2) is 14.4 Å². The standard InChI is InChI=1S/C23H18F18O6/c1-8(2)12(42)47-15-5-9(3-10(6-15)45-13(43)16(24,25)18(28,29)20(32,33)22(36,37)38)4-11(7-15)46-14(44)17(26,27)19(30,31)21(34,35)23(39,40)41/h9-11H,1,3-7H2,2H3. The van der Waals surface area contributed by atoms with Gasteiger partial charge in [0, 0.05) is 18.4 Å². The molecule has 0 aromatic heterocycles. The zero-order valence-corrected chi connectivity index (χ0v) is 22.7. The Morgan fingerprint density at radius 3 is 1.17 bits per heavy atom. The molecule has 6 nitrogen and oxygen atoms in total. The summed E-state index contributed by atoms with van der Waals surface area (Å²) in [5, 5.41) is 0. The number of fused-ring (bicyclic) bond motifs is 2. The van der Waals surface area contributed by atoms with E-state index in [1.807, 2.05) is 0 Å². The average molecular weight is 732 g/mol. The monoisotopic (exact) mass is 732 g/mol. The van der Waals surface area contributed by atoms with Crippen LogP contribution in [0.3, 0.4) is 0 Å². The van der Waals surface area contributed by atoms with E-state index in [1.165, 1.54) is 0 Å². The molecule has 0 amide bonds. The average Bonchev–Trinajstić information content (AvgIpc) is 2.85. The Hall–Kier alpha value is -3.11. The van der Waals surface area contributed by atoms with Crippen LogP contribution in [0.2, 0.25) is 0 Å². The molecule has 2 bridgehead atoms. The van der Waals surface area contributed by atoms with Crippen molar-refractivity contribution in [3.63, 3.8) is 0 Å². The molecule has 0 heterocycles. The minimum absolute atomic E-state index is 0.504. The largest absolute Gasteiger partial charge is 0.460 e. The summed E-state index contributed by atoms with van der Waals surface area (Å²) in [5.74, 6) is -53.8. The Morgan fingerprint density at radius 2 is 0.894 bits per heavy atom. The number of carbonyl (C=O) groups is 3. The summed E-state index contributed by atoms with van der Waals surface area (Å²) in [5.41, 5.74) is -2.94. The molecule has 0 aromatic rings. The highest BCUT2D eigenvalue weighted by Crippen LogP contribution is 2.56. The molecule has 0 saturated heterocycles. The van der Waals surface area contributed by atoms with Crippen LogP contribution >= 0.6 is 0 Å². The van der Waals surface area contributed by atoms with Crippen molar-refractivity contribution in [3.05, 3.63) is 12.2 Å². The number of hydrogen-bond donors (Lipinski definition) is 0. The third-order valence-corrected chi connectivity index (χ3v) is 7.06. The van der Waals surface area contributed by atoms with E-state index in [0.717, 1.165) is 6.92 Å². The van der Waals surface area contributed by atoms with Gasteiger partial charge < -0.3 is 14.2 Å². The highest BCUT2D eigenvalue weighted by Gasteiger charge is 2.85. The fourth-order valence-electron chi connectivity index (χ4n) is 4.82. The highest BCUT2D eigenvalue weighted by atomic mass is 19.4. The molecule has 2 aliphatic rings. The van der Waals surface area contributed by atoms with Gasteiger partial charge in [0.25, 0.3) is 0 Å². The van der Waals surface area contributed by atoms with Gasteiger partial charge in [0.15, 0.2) is 0 Å². The summed E-state index contributed by atoms with van der Waals surface area (Å²) in [7, 11) is 0. The molecule has 2 fully saturated rings. The van der Waals surface area contributed by atoms with E-state index in [0.29, 0.717) is 0 Å². The lowest BCUT2D eigenvalue weighted by atomic mass is 9.67. The molecule has 0 spiro atoms. The molecule has 2 atom stereocenters. The molecule has 0 radical (unpaired) electrons. The van der Waals surface area contributed by atoms with Crippen LogP contribution in [0.15, 0.2) is 12.2 Å². The lowest BCUT2D eigenvalue weighted by Gasteiger charge is -2.49. The van der Waals surface area contributed by atoms with Crippen LogP contribution in [0, 0.1) is 5.92 Å². The number of ether oxygens (including phenoxy) is 3. The van der Waals surface area contributed by atoms with Crippen LogP contribution in [0.5, 0.6) is 0 Å². The van der Waals surface area contributed by atoms with Gasteiger partial charge in [0.1, 0.15) is 17.8 Å². The minimum Gasteiger partial charge on any atom is -0.458 e. The Labute approximate surface area is 249 Å². The Kier molecular flexibility index (Phi) is 10.1. The van der Waals surface area contributed by atoms with E-state index in [4.69, 9.17) is 4.74 Å². The molecule has 272 valence electrons. The van der Waals surface area contributed by atoms with Crippen molar-refractivity contribution in [2.45, 2.75) is 105 Å². The van der Waals surface area contributed by atoms with E-state index in [-0.39, 0.29) is 0 Å². The van der Waals surface area contributed by atoms with Crippen molar-refractivity contribution < 1.29 is 108 Å². The van der Waals surface area contributed by atoms with Crippen molar-refractivity contribution in [1.82, 2.24) is 0 Å². The number of carbonyl (C=O) groups excluding carboxylic acids is 3. The molecular weight excluding hydrogens is 714 g/mol. The summed E-state index contributed by atoms with van der Waals surface area (Å²) in [6, 6.07) is 0. The Bertz CT molecular complexity index is 1180. The molecule has 0 aromatic carbocycles. The first kappa shape index (κ1) is 40.1. The van der Waals surface area contributed by atoms with E-state index in [9.17, 15) is 93.4 Å². The normalized spacial score (nSPS) is 25.1. The maximum atomic E-state index is 14.0. The molecule has 2 aliphatic carbocycles. The number of alkyl halides is 18. The van der Waals surface area contributed by atoms with Gasteiger partial charge in [-0.1, -0.05) is 6.58 Å². The Morgan fingerprint density at radius 1 is 0.574 bits per heavy atom. The predicted molar refractivity (Wildman–Crippen MR) is 112 cm³/mol. The molecule has 0 N–H and O–H groups in total. The summed E-state index contributed by atoms with van der Waals surface area (Å²) >= 11 is 0. The second kappa shape index (κ2) is 11.8. The fourth-order valence-corrected chi connectivity index (χ4v) is 4.82. The predicted octanol–water partition coefficient (Wildman–Crippen LogP) is 7.20. The Balaban J connectivity index is 2.38. The van der Waals surface area contributed by atoms with Crippen LogP contribution in [0.25, 0.3) is 0 Å². The highest BCUT2D eigenvalue weighted by molar-refractivity contribution is 5.87. The zero-order chi connectivity index (χ0) is 37.2. The van der Waals surface area contributed by atoms with E-state index >= 15 is 0 Å². The molecule has 24 heteroatoms. The second-order valence-corrected chi connectivity index (χ2v) is 10.8. The molecule has 47 heavy (non-hydrogen) atoms. The van der Waals surface area contributed by atoms with Gasteiger partial charge in [0.05, 0.1) is 0 Å². The van der Waals surface area contributed by atoms with E-state index in [1.54, 1.807) is 0 Å². The first-order valence-electron chi connectivity index (χ1n) is 12.3. The third-order valence-electron chi connectivity index (χ3n) is 7.06. The molecule has 2 unspecified atom stereocenters. The SMILES string of the molecule is C=C(C)C(=O)OC12CC(CC(OC(=O)C(F)(F)C(F)(F)C(F)(F)C(F)(F)F)C1)CC(OC(=O)C(F)(F)C(F)(F)C(F)(F)C(F)(F)F)C2. The van der Waals surface area contributed by atoms with Crippen LogP contribution in [-0.4, -0.2) is 83.6 Å². The number of hydrogen-bond acceptors (Lipinski definition) is 6. The van der Waals surface area contributed by atoms with Crippen LogP contribution in [0.4, 0.5) is 79.0 Å². The first-order chi connectivity index (χ1) is 20.6. The van der Waals surface area contributed by atoms with E-state index < -0.39 is 127 Å². The maximum absolute atomic E-state index is 14.0. The molecule has 2 rings (SSSR count). The number of halogens is 18. The van der Waals surface area contributed by atoms with Crippen molar-refractivity contribution in [2.75, 3.05) is 0 Å². The zero-order valence-electron chi connectivity index (χ0n) is 22.7. The summed E-state index contributed by atoms with van der Waals surface area (Å²) in [6.45, 7) is 4.07. The summed E-state index contributed by atoms with van der Waals surface area (Å²) in [6.07, 6.45) is -24.0. The van der Waals surface area contributed by atoms with Gasteiger partial charge >= 0.3 is 65.8 Å². The second-order valence-electron chi connectivity index (χ2n) is 10.8. The van der Waals surface area contributed by atoms with Gasteiger partial charge in [-0.05, 0) is 32.1 Å². The lowest BCUT2D eigenvalue weighted by molar-refractivity contribution is -0.391. The molecular formula is C23H18F18O6. The van der Waals surface area contributed by atoms with Crippen molar-refractivity contribution in [2.24, 2.45) is 5.92 Å². The van der Waals surface area contributed by atoms with Crippen molar-refractivity contribution in [1.29, 1.82) is 0 Å². The van der Waals surface area contributed by atoms with Gasteiger partial charge in [-0.15, -0.1) is 0 Å². The van der Waals surface area contributed by atoms with Gasteiger partial charge in [-0.2, -0.15) is 79.0 Å². The summed E-state index contributed by atoms with van der Waals surface area (Å²) in [4.78, 5) is 35.9. The smallest absolute Gasteiger partial charge is 0.458 e. The topological polar surface area (TPSA) is 78.9 Å². The molecule has 2 saturated carbocycles. The van der Waals surface area contributed by atoms with Gasteiger partial charge in [-0.3, -0.25) is 0 Å². The fraction of sp³-hybridized carbons (Fsp3) is 0.783. The van der Waals surface area contributed by atoms with E-state index in [2.05, 4.69) is 16.1 Å². The quantitative estimate of drug-likeness (QED) is 0.102. The number of esters is 3. The number of rotatable bonds is 10. The van der Waals surface area contributed by atoms with Crippen LogP contribution in [-0.2, 0) is 28.6 Å². The minimum atomic E-state index is -7.50. The first-order valence-corrected chi connectivity index (χ1v) is 12.3. The van der Waals surface area contributed by atoms with Crippen molar-refractivity contribution in [3.8, 4) is 0 Å². The third kappa shape index (κ3) is 6.77. The maximum Gasteiger partial charge on any atom is 0.460 e. The molecule has 0 aliphatic heterocycles. The van der Waals surface area contributed by atoms with Crippen LogP contribution < -0.4 is 0 Å². The van der Waals surface area contributed by atoms with Gasteiger partial charge in [0.2, 0.25) is 0 Å². The lowest BCUT2D eigenvalue weighted by Crippen LogP contribution is -2.64. The van der Waals surface area contributed by atoms with Crippen molar-refractivity contribution >= 4 is 17.9 Å². The van der Waals surface area contributed by atoms with Crippen LogP contribution in [0.1, 0.15) is 39.0 Å². The summed E-state index contributed by atoms with van der Waals surface area (Å²) < 4.78 is 251.